The lowest BCUT2D eigenvalue weighted by molar-refractivity contribution is 0.313. The van der Waals surface area contributed by atoms with E-state index in [9.17, 15) is 0 Å². The molecule has 2 saturated heterocycles. The summed E-state index contributed by atoms with van der Waals surface area (Å²) in [6, 6.07) is 9.09. The zero-order valence-electron chi connectivity index (χ0n) is 14.6. The lowest BCUT2D eigenvalue weighted by Crippen LogP contribution is -2.41. The van der Waals surface area contributed by atoms with Gasteiger partial charge in [0.05, 0.1) is 0 Å². The van der Waals surface area contributed by atoms with Crippen molar-refractivity contribution < 1.29 is 0 Å². The Morgan fingerprint density at radius 3 is 1.61 bits per heavy atom. The van der Waals surface area contributed by atoms with Crippen molar-refractivity contribution in [2.24, 2.45) is 0 Å². The molecule has 1 aromatic rings. The topological polar surface area (TPSA) is 9.72 Å². The quantitative estimate of drug-likeness (QED) is 0.766. The summed E-state index contributed by atoms with van der Waals surface area (Å²) >= 11 is 6.47. The van der Waals surface area contributed by atoms with Gasteiger partial charge in [0.25, 0.3) is 0 Å². The predicted octanol–water partition coefficient (Wildman–Crippen LogP) is 3.66. The van der Waals surface area contributed by atoms with Gasteiger partial charge in [-0.3, -0.25) is 9.34 Å². The molecule has 0 saturated carbocycles. The second-order valence-electron chi connectivity index (χ2n) is 6.98. The van der Waals surface area contributed by atoms with Crippen LogP contribution in [-0.2, 0) is 11.8 Å². The van der Waals surface area contributed by atoms with Crippen molar-refractivity contribution in [3.8, 4) is 0 Å². The van der Waals surface area contributed by atoms with Crippen molar-refractivity contribution in [1.82, 2.24) is 9.34 Å². The van der Waals surface area contributed by atoms with Gasteiger partial charge < -0.3 is 4.90 Å². The third kappa shape index (κ3) is 3.66. The van der Waals surface area contributed by atoms with Gasteiger partial charge in [0.1, 0.15) is 6.34 Å². The average molecular weight is 352 g/mol. The summed E-state index contributed by atoms with van der Waals surface area (Å²) < 4.78 is 5.34. The molecule has 1 aromatic carbocycles. The molecular weight excluding hydrogens is 321 g/mol. The molecule has 0 aliphatic carbocycles. The van der Waals surface area contributed by atoms with E-state index in [2.05, 4.69) is 52.6 Å². The van der Waals surface area contributed by atoms with Gasteiger partial charge in [0, 0.05) is 51.3 Å². The first-order valence-electron chi connectivity index (χ1n) is 9.01. The predicted molar refractivity (Wildman–Crippen MR) is 106 cm³/mol. The zero-order chi connectivity index (χ0) is 16.3. The summed E-state index contributed by atoms with van der Waals surface area (Å²) in [6.45, 7) is 4.73. The Kier molecular flexibility index (Phi) is 5.79. The van der Waals surface area contributed by atoms with Crippen molar-refractivity contribution in [2.75, 3.05) is 45.2 Å². The van der Waals surface area contributed by atoms with Crippen molar-refractivity contribution in [3.63, 3.8) is 0 Å². The number of nitrogens with zero attached hydrogens (tertiary/aromatic N) is 3. The van der Waals surface area contributed by atoms with Crippen LogP contribution in [0.15, 0.2) is 24.3 Å². The van der Waals surface area contributed by atoms with Crippen LogP contribution < -0.4 is 10.2 Å². The van der Waals surface area contributed by atoms with Gasteiger partial charge in [-0.15, -0.1) is 0 Å². The molecule has 2 fully saturated rings. The van der Waals surface area contributed by atoms with Gasteiger partial charge in [0.2, 0.25) is 0 Å². The summed E-state index contributed by atoms with van der Waals surface area (Å²) in [5.41, 5.74) is 1.26. The number of rotatable bonds is 4. The van der Waals surface area contributed by atoms with E-state index >= 15 is 0 Å². The fourth-order valence-electron chi connectivity index (χ4n) is 3.75. The van der Waals surface area contributed by atoms with E-state index in [0.29, 0.717) is 0 Å². The van der Waals surface area contributed by atoms with E-state index in [1.165, 1.54) is 75.7 Å². The van der Waals surface area contributed by atoms with Gasteiger partial charge in [-0.05, 0) is 49.9 Å². The molecule has 2 aliphatic heterocycles. The largest absolute Gasteiger partial charge is 0.378 e. The van der Waals surface area contributed by atoms with Crippen LogP contribution in [0.1, 0.15) is 38.5 Å². The fourth-order valence-corrected chi connectivity index (χ4v) is 8.29. The molecule has 2 aliphatic rings. The Morgan fingerprint density at radius 2 is 1.22 bits per heavy atom. The van der Waals surface area contributed by atoms with E-state index in [4.69, 9.17) is 11.8 Å². The minimum atomic E-state index is -1.79. The molecule has 0 spiro atoms. The van der Waals surface area contributed by atoms with Gasteiger partial charge in [-0.1, -0.05) is 24.6 Å². The molecule has 0 N–H and O–H groups in total. The molecule has 0 radical (unpaired) electrons. The first-order valence-corrected chi connectivity index (χ1v) is 11.7. The Balaban J connectivity index is 1.94. The Morgan fingerprint density at radius 1 is 0.783 bits per heavy atom. The summed E-state index contributed by atoms with van der Waals surface area (Å²) in [4.78, 5) is 2.16. The van der Waals surface area contributed by atoms with Crippen LogP contribution in [0.2, 0.25) is 0 Å². The normalized spacial score (nSPS) is 21.3. The van der Waals surface area contributed by atoms with Crippen LogP contribution in [0.4, 0.5) is 5.69 Å². The molecule has 0 amide bonds. The van der Waals surface area contributed by atoms with Crippen molar-refractivity contribution in [2.45, 2.75) is 38.5 Å². The van der Waals surface area contributed by atoms with E-state index in [1.807, 2.05) is 0 Å². The summed E-state index contributed by atoms with van der Waals surface area (Å²) in [7, 11) is 4.20. The lowest BCUT2D eigenvalue weighted by Gasteiger charge is -2.46. The number of hydrogen-bond donors (Lipinski definition) is 0. The highest BCUT2D eigenvalue weighted by atomic mass is 32.4. The van der Waals surface area contributed by atoms with E-state index in [1.54, 1.807) is 0 Å². The number of anilines is 1. The maximum Gasteiger partial charge on any atom is 0.107 e. The smallest absolute Gasteiger partial charge is 0.107 e. The third-order valence-electron chi connectivity index (χ3n) is 5.13. The van der Waals surface area contributed by atoms with Gasteiger partial charge in [-0.25, -0.2) is 0 Å². The highest BCUT2D eigenvalue weighted by molar-refractivity contribution is 8.15. The Labute approximate surface area is 146 Å². The van der Waals surface area contributed by atoms with Crippen LogP contribution >= 0.6 is 6.34 Å². The molecule has 0 bridgehead atoms. The van der Waals surface area contributed by atoms with Crippen molar-refractivity contribution in [1.29, 1.82) is 0 Å². The lowest BCUT2D eigenvalue weighted by atomic mass is 10.2. The minimum Gasteiger partial charge on any atom is -0.378 e. The zero-order valence-corrected chi connectivity index (χ0v) is 16.3. The minimum absolute atomic E-state index is 1.18. The molecule has 0 aromatic heterocycles. The van der Waals surface area contributed by atoms with E-state index in [-0.39, 0.29) is 0 Å². The van der Waals surface area contributed by atoms with Crippen molar-refractivity contribution in [3.05, 3.63) is 24.3 Å². The van der Waals surface area contributed by atoms with E-state index in [0.717, 1.165) is 0 Å². The molecular formula is C18H30N3PS. The SMILES string of the molecule is CN(C)c1ccc(P(=S)(N2CCCCC2)N2CCCCC2)cc1. The second-order valence-corrected chi connectivity index (χ2v) is 11.2. The van der Waals surface area contributed by atoms with Gasteiger partial charge >= 0.3 is 0 Å². The van der Waals surface area contributed by atoms with Gasteiger partial charge in [0.15, 0.2) is 0 Å². The van der Waals surface area contributed by atoms with Crippen LogP contribution in [0.25, 0.3) is 0 Å². The molecule has 5 heteroatoms. The van der Waals surface area contributed by atoms with Crippen LogP contribution in [-0.4, -0.2) is 49.6 Å². The number of piperidine rings is 2. The third-order valence-corrected chi connectivity index (χ3v) is 10.5. The standard InChI is InChI=1S/C18H30N3PS/c1-19(2)17-9-11-18(12-10-17)22(23,20-13-5-3-6-14-20)21-15-7-4-8-16-21/h9-12H,3-8,13-16H2,1-2H3. The summed E-state index contributed by atoms with van der Waals surface area (Å²) in [5.74, 6) is 0. The summed E-state index contributed by atoms with van der Waals surface area (Å²) in [5, 5.41) is 1.39. The van der Waals surface area contributed by atoms with Crippen molar-refractivity contribution >= 4 is 29.1 Å². The van der Waals surface area contributed by atoms with E-state index < -0.39 is 6.34 Å². The first-order chi connectivity index (χ1) is 11.1. The van der Waals surface area contributed by atoms with Gasteiger partial charge in [-0.2, -0.15) is 0 Å². The second kappa shape index (κ2) is 7.65. The van der Waals surface area contributed by atoms with Crippen LogP contribution in [0.5, 0.6) is 0 Å². The Bertz CT molecular complexity index is 524. The summed E-state index contributed by atoms with van der Waals surface area (Å²) in [6.07, 6.45) is 6.17. The monoisotopic (exact) mass is 351 g/mol. The molecule has 3 rings (SSSR count). The Hall–Kier alpha value is -0.410. The molecule has 2 heterocycles. The molecule has 128 valence electrons. The number of hydrogen-bond acceptors (Lipinski definition) is 2. The molecule has 0 unspecified atom stereocenters. The van der Waals surface area contributed by atoms with Crippen LogP contribution in [0, 0.1) is 0 Å². The number of benzene rings is 1. The molecule has 0 atom stereocenters. The molecule has 23 heavy (non-hydrogen) atoms. The first kappa shape index (κ1) is 17.4. The highest BCUT2D eigenvalue weighted by Crippen LogP contribution is 2.54. The maximum atomic E-state index is 6.47. The average Bonchev–Trinajstić information content (AvgIpc) is 2.62. The van der Waals surface area contributed by atoms with Crippen LogP contribution in [0.3, 0.4) is 0 Å². The molecule has 3 nitrogen and oxygen atoms in total. The fraction of sp³-hybridized carbons (Fsp3) is 0.667. The highest BCUT2D eigenvalue weighted by Gasteiger charge is 2.35. The maximum absolute atomic E-state index is 6.47.